The molecule has 0 bridgehead atoms. The first-order valence-electron chi connectivity index (χ1n) is 3.27. The Bertz CT molecular complexity index is 422. The number of carbonyl (C=O) groups excluding carboxylic acids is 1. The molecule has 7 heteroatoms. The zero-order valence-corrected chi connectivity index (χ0v) is 7.22. The molecule has 1 rings (SSSR count). The van der Waals surface area contributed by atoms with Gasteiger partial charge in [0, 0.05) is 0 Å². The molecule has 0 aliphatic carbocycles. The molecule has 4 nitrogen and oxygen atoms in total. The summed E-state index contributed by atoms with van der Waals surface area (Å²) in [5, 5.41) is 8.97. The molecule has 0 aliphatic heterocycles. The largest absolute Gasteiger partial charge is 0.340 e. The molecule has 0 amide bonds. The van der Waals surface area contributed by atoms with Gasteiger partial charge in [0.15, 0.2) is 0 Å². The topological polar surface area (TPSA) is 60.2 Å². The molecule has 1 aromatic carbocycles. The van der Waals surface area contributed by atoms with E-state index >= 15 is 0 Å². The van der Waals surface area contributed by atoms with Crippen molar-refractivity contribution < 1.29 is 18.5 Å². The van der Waals surface area contributed by atoms with Crippen molar-refractivity contribution in [2.24, 2.45) is 0 Å². The van der Waals surface area contributed by atoms with Crippen LogP contribution in [0.4, 0.5) is 14.5 Å². The quantitative estimate of drug-likeness (QED) is 0.437. The molecule has 0 unspecified atom stereocenters. The summed E-state index contributed by atoms with van der Waals surface area (Å²) < 4.78 is 25.8. The minimum atomic E-state index is -1.56. The number of benzene rings is 1. The van der Waals surface area contributed by atoms with Gasteiger partial charge in [0.05, 0.1) is 10.5 Å². The van der Waals surface area contributed by atoms with E-state index in [4.69, 9.17) is 11.6 Å². The highest BCUT2D eigenvalue weighted by molar-refractivity contribution is 6.67. The van der Waals surface area contributed by atoms with Gasteiger partial charge in [-0.15, -0.1) is 0 Å². The van der Waals surface area contributed by atoms with Gasteiger partial charge in [-0.1, -0.05) is 0 Å². The van der Waals surface area contributed by atoms with Crippen molar-refractivity contribution in [3.63, 3.8) is 0 Å². The van der Waals surface area contributed by atoms with Crippen molar-refractivity contribution in [2.75, 3.05) is 0 Å². The SMILES string of the molecule is O=C(Cl)c1ccc(F)c([N+](=O)[O-])c1F. The molecule has 0 aromatic heterocycles. The Morgan fingerprint density at radius 1 is 1.43 bits per heavy atom. The minimum Gasteiger partial charge on any atom is -0.275 e. The van der Waals surface area contributed by atoms with E-state index in [2.05, 4.69) is 0 Å². The lowest BCUT2D eigenvalue weighted by Gasteiger charge is -1.98. The third-order valence-corrected chi connectivity index (χ3v) is 1.66. The second-order valence-corrected chi connectivity index (χ2v) is 2.63. The average Bonchev–Trinajstić information content (AvgIpc) is 2.02. The Kier molecular flexibility index (Phi) is 2.76. The summed E-state index contributed by atoms with van der Waals surface area (Å²) in [7, 11) is 0. The van der Waals surface area contributed by atoms with Crippen molar-refractivity contribution in [1.82, 2.24) is 0 Å². The Labute approximate surface area is 81.2 Å². The molecule has 0 saturated carbocycles. The van der Waals surface area contributed by atoms with Crippen molar-refractivity contribution in [2.45, 2.75) is 0 Å². The summed E-state index contributed by atoms with van der Waals surface area (Å²) in [5.41, 5.74) is -2.10. The summed E-state index contributed by atoms with van der Waals surface area (Å²) >= 11 is 4.91. The Hall–Kier alpha value is -1.56. The molecule has 0 N–H and O–H groups in total. The molecular formula is C7H2ClF2NO3. The van der Waals surface area contributed by atoms with Gasteiger partial charge in [0.25, 0.3) is 5.24 Å². The number of rotatable bonds is 2. The van der Waals surface area contributed by atoms with Gasteiger partial charge < -0.3 is 0 Å². The average molecular weight is 222 g/mol. The minimum absolute atomic E-state index is 0.608. The maximum atomic E-state index is 13.0. The molecule has 14 heavy (non-hydrogen) atoms. The highest BCUT2D eigenvalue weighted by atomic mass is 35.5. The van der Waals surface area contributed by atoms with Gasteiger partial charge in [-0.05, 0) is 23.7 Å². The number of halogens is 3. The van der Waals surface area contributed by atoms with E-state index in [1.165, 1.54) is 0 Å². The van der Waals surface area contributed by atoms with E-state index in [9.17, 15) is 23.7 Å². The van der Waals surface area contributed by atoms with Gasteiger partial charge >= 0.3 is 5.69 Å². The summed E-state index contributed by atoms with van der Waals surface area (Å²) in [6.45, 7) is 0. The molecule has 0 heterocycles. The fourth-order valence-electron chi connectivity index (χ4n) is 0.860. The molecule has 74 valence electrons. The molecule has 0 saturated heterocycles. The predicted molar refractivity (Wildman–Crippen MR) is 43.2 cm³/mol. The second kappa shape index (κ2) is 3.67. The van der Waals surface area contributed by atoms with Crippen molar-refractivity contribution in [3.05, 3.63) is 39.4 Å². The number of nitro benzene ring substituents is 1. The molecule has 0 fully saturated rings. The van der Waals surface area contributed by atoms with Gasteiger partial charge in [-0.3, -0.25) is 14.9 Å². The Balaban J connectivity index is 3.49. The number of hydrogen-bond donors (Lipinski definition) is 0. The van der Waals surface area contributed by atoms with E-state index in [1.807, 2.05) is 0 Å². The van der Waals surface area contributed by atoms with E-state index < -0.39 is 33.1 Å². The highest BCUT2D eigenvalue weighted by Crippen LogP contribution is 2.24. The summed E-state index contributed by atoms with van der Waals surface area (Å²) in [4.78, 5) is 19.5. The lowest BCUT2D eigenvalue weighted by molar-refractivity contribution is -0.390. The number of carbonyl (C=O) groups is 1. The first kappa shape index (κ1) is 10.5. The molecule has 0 radical (unpaired) electrons. The predicted octanol–water partition coefficient (Wildman–Crippen LogP) is 2.25. The van der Waals surface area contributed by atoms with Crippen LogP contribution in [0.3, 0.4) is 0 Å². The zero-order chi connectivity index (χ0) is 10.9. The van der Waals surface area contributed by atoms with Crippen LogP contribution in [-0.2, 0) is 0 Å². The molecular weight excluding hydrogens is 220 g/mol. The zero-order valence-electron chi connectivity index (χ0n) is 6.46. The number of hydrogen-bond acceptors (Lipinski definition) is 3. The van der Waals surface area contributed by atoms with E-state index in [0.29, 0.717) is 6.07 Å². The Morgan fingerprint density at radius 2 is 2.00 bits per heavy atom. The van der Waals surface area contributed by atoms with Gasteiger partial charge in [-0.2, -0.15) is 8.78 Å². The van der Waals surface area contributed by atoms with Crippen LogP contribution in [-0.4, -0.2) is 10.2 Å². The normalized spacial score (nSPS) is 9.93. The number of nitrogens with zero attached hydrogens (tertiary/aromatic N) is 1. The molecule has 0 spiro atoms. The van der Waals surface area contributed by atoms with Crippen LogP contribution in [0.25, 0.3) is 0 Å². The van der Waals surface area contributed by atoms with Crippen LogP contribution in [0.15, 0.2) is 12.1 Å². The maximum absolute atomic E-state index is 13.0. The molecule has 0 aliphatic rings. The smallest absolute Gasteiger partial charge is 0.275 e. The van der Waals surface area contributed by atoms with Crippen molar-refractivity contribution in [1.29, 1.82) is 0 Å². The van der Waals surface area contributed by atoms with Crippen LogP contribution in [0.5, 0.6) is 0 Å². The second-order valence-electron chi connectivity index (χ2n) is 2.29. The summed E-state index contributed by atoms with van der Waals surface area (Å²) in [6.07, 6.45) is 0. The first-order valence-corrected chi connectivity index (χ1v) is 3.65. The van der Waals surface area contributed by atoms with Gasteiger partial charge in [0.2, 0.25) is 11.6 Å². The maximum Gasteiger partial charge on any atom is 0.340 e. The number of nitro groups is 1. The summed E-state index contributed by atoms with van der Waals surface area (Å²) in [6, 6.07) is 1.35. The monoisotopic (exact) mass is 221 g/mol. The first-order chi connectivity index (χ1) is 6.45. The Morgan fingerprint density at radius 3 is 2.43 bits per heavy atom. The third-order valence-electron chi connectivity index (χ3n) is 1.46. The van der Waals surface area contributed by atoms with E-state index in [1.54, 1.807) is 0 Å². The van der Waals surface area contributed by atoms with Gasteiger partial charge in [0.1, 0.15) is 0 Å². The van der Waals surface area contributed by atoms with Crippen LogP contribution in [0.1, 0.15) is 10.4 Å². The summed E-state index contributed by atoms with van der Waals surface area (Å²) in [5.74, 6) is -2.91. The van der Waals surface area contributed by atoms with Crippen molar-refractivity contribution >= 4 is 22.5 Å². The highest BCUT2D eigenvalue weighted by Gasteiger charge is 2.25. The lowest BCUT2D eigenvalue weighted by Crippen LogP contribution is -2.02. The van der Waals surface area contributed by atoms with Crippen molar-refractivity contribution in [3.8, 4) is 0 Å². The standard InChI is InChI=1S/C7H2ClF2NO3/c8-7(12)3-1-2-4(9)6(5(3)10)11(13)14/h1-2H. The molecule has 1 aromatic rings. The van der Waals surface area contributed by atoms with Gasteiger partial charge in [-0.25, -0.2) is 0 Å². The molecule has 0 atom stereocenters. The lowest BCUT2D eigenvalue weighted by atomic mass is 10.2. The van der Waals surface area contributed by atoms with Crippen LogP contribution in [0, 0.1) is 21.7 Å². The van der Waals surface area contributed by atoms with E-state index in [0.717, 1.165) is 6.07 Å². The van der Waals surface area contributed by atoms with E-state index in [-0.39, 0.29) is 0 Å². The van der Waals surface area contributed by atoms with Crippen LogP contribution < -0.4 is 0 Å². The third kappa shape index (κ3) is 1.69. The fraction of sp³-hybridized carbons (Fsp3) is 0. The van der Waals surface area contributed by atoms with Crippen LogP contribution >= 0.6 is 11.6 Å². The van der Waals surface area contributed by atoms with Crippen LogP contribution in [0.2, 0.25) is 0 Å². The fourth-order valence-corrected chi connectivity index (χ4v) is 1.01.